The first-order valence-corrected chi connectivity index (χ1v) is 9.80. The number of halogens is 2. The first-order valence-electron chi connectivity index (χ1n) is 9.01. The van der Waals surface area contributed by atoms with E-state index in [1.807, 2.05) is 30.3 Å². The van der Waals surface area contributed by atoms with Gasteiger partial charge < -0.3 is 9.32 Å². The number of hydrogen-bond donors (Lipinski definition) is 0. The Morgan fingerprint density at radius 3 is 2.64 bits per heavy atom. The number of nitriles is 1. The SMILES string of the molecule is N#Cc1c(F)cccc1N1CCN(Cc2ncc(-c3ccccc3Br)o2)CC1. The predicted octanol–water partition coefficient (Wildman–Crippen LogP) is 4.44. The van der Waals surface area contributed by atoms with Crippen molar-refractivity contribution in [3.05, 3.63) is 70.4 Å². The third kappa shape index (κ3) is 3.79. The van der Waals surface area contributed by atoms with E-state index in [0.29, 0.717) is 18.1 Å². The summed E-state index contributed by atoms with van der Waals surface area (Å²) in [5.74, 6) is 0.934. The van der Waals surface area contributed by atoms with Crippen LogP contribution in [0.2, 0.25) is 0 Å². The van der Waals surface area contributed by atoms with E-state index >= 15 is 0 Å². The van der Waals surface area contributed by atoms with Crippen LogP contribution in [0.1, 0.15) is 11.5 Å². The van der Waals surface area contributed by atoms with Crippen molar-refractivity contribution in [1.29, 1.82) is 5.26 Å². The second-order valence-corrected chi connectivity index (χ2v) is 7.46. The van der Waals surface area contributed by atoms with Gasteiger partial charge in [-0.15, -0.1) is 0 Å². The molecule has 0 amide bonds. The average Bonchev–Trinajstić information content (AvgIpc) is 3.17. The number of nitrogens with zero attached hydrogens (tertiary/aromatic N) is 4. The topological polar surface area (TPSA) is 56.3 Å². The molecular weight excluding hydrogens is 423 g/mol. The van der Waals surface area contributed by atoms with Crippen molar-refractivity contribution in [2.75, 3.05) is 31.1 Å². The maximum atomic E-state index is 13.9. The van der Waals surface area contributed by atoms with Gasteiger partial charge in [-0.05, 0) is 18.2 Å². The summed E-state index contributed by atoms with van der Waals surface area (Å²) in [4.78, 5) is 8.71. The number of hydrogen-bond acceptors (Lipinski definition) is 5. The van der Waals surface area contributed by atoms with Crippen molar-refractivity contribution in [3.63, 3.8) is 0 Å². The normalized spacial score (nSPS) is 14.8. The van der Waals surface area contributed by atoms with E-state index < -0.39 is 5.82 Å². The minimum absolute atomic E-state index is 0.113. The molecular formula is C21H18BrFN4O. The Bertz CT molecular complexity index is 1020. The van der Waals surface area contributed by atoms with E-state index in [2.05, 4.69) is 30.7 Å². The zero-order valence-electron chi connectivity index (χ0n) is 15.1. The summed E-state index contributed by atoms with van der Waals surface area (Å²) in [6, 6.07) is 14.6. The van der Waals surface area contributed by atoms with Crippen LogP contribution in [-0.2, 0) is 6.54 Å². The number of anilines is 1. The lowest BCUT2D eigenvalue weighted by atomic mass is 10.1. The number of rotatable bonds is 4. The smallest absolute Gasteiger partial charge is 0.209 e. The molecule has 0 bridgehead atoms. The first kappa shape index (κ1) is 18.7. The van der Waals surface area contributed by atoms with E-state index in [9.17, 15) is 9.65 Å². The van der Waals surface area contributed by atoms with Gasteiger partial charge in [0.05, 0.1) is 18.4 Å². The third-order valence-corrected chi connectivity index (χ3v) is 5.56. The molecule has 0 spiro atoms. The Balaban J connectivity index is 1.40. The summed E-state index contributed by atoms with van der Waals surface area (Å²) in [6.07, 6.45) is 1.75. The zero-order chi connectivity index (χ0) is 19.5. The molecule has 1 aliphatic rings. The van der Waals surface area contributed by atoms with Crippen molar-refractivity contribution in [2.45, 2.75) is 6.54 Å². The molecule has 1 fully saturated rings. The van der Waals surface area contributed by atoms with Crippen molar-refractivity contribution in [1.82, 2.24) is 9.88 Å². The van der Waals surface area contributed by atoms with Crippen LogP contribution in [0.25, 0.3) is 11.3 Å². The van der Waals surface area contributed by atoms with Gasteiger partial charge in [-0.3, -0.25) is 4.90 Å². The highest BCUT2D eigenvalue weighted by atomic mass is 79.9. The molecule has 4 rings (SSSR count). The number of aromatic nitrogens is 1. The van der Waals surface area contributed by atoms with Crippen LogP contribution < -0.4 is 4.90 Å². The Morgan fingerprint density at radius 1 is 1.11 bits per heavy atom. The second kappa shape index (κ2) is 8.13. The Labute approximate surface area is 171 Å². The van der Waals surface area contributed by atoms with Crippen LogP contribution in [0.3, 0.4) is 0 Å². The predicted molar refractivity (Wildman–Crippen MR) is 108 cm³/mol. The molecule has 5 nitrogen and oxygen atoms in total. The monoisotopic (exact) mass is 440 g/mol. The number of piperazine rings is 1. The van der Waals surface area contributed by atoms with E-state index in [4.69, 9.17) is 4.42 Å². The third-order valence-electron chi connectivity index (χ3n) is 4.87. The summed E-state index contributed by atoms with van der Waals surface area (Å²) in [5.41, 5.74) is 1.75. The van der Waals surface area contributed by atoms with Crippen molar-refractivity contribution >= 4 is 21.6 Å². The highest BCUT2D eigenvalue weighted by molar-refractivity contribution is 9.10. The van der Waals surface area contributed by atoms with Gasteiger partial charge >= 0.3 is 0 Å². The van der Waals surface area contributed by atoms with Gasteiger partial charge in [0.25, 0.3) is 0 Å². The van der Waals surface area contributed by atoms with Crippen molar-refractivity contribution < 1.29 is 8.81 Å². The van der Waals surface area contributed by atoms with Crippen LogP contribution >= 0.6 is 15.9 Å². The summed E-state index contributed by atoms with van der Waals surface area (Å²) >= 11 is 3.53. The molecule has 0 saturated carbocycles. The molecule has 2 heterocycles. The standard InChI is InChI=1S/C21H18BrFN4O/c22-17-5-2-1-4-15(17)20-13-25-21(28-20)14-26-8-10-27(11-9-26)19-7-3-6-18(23)16(19)12-24/h1-7,13H,8-11,14H2. The minimum atomic E-state index is -0.471. The van der Waals surface area contributed by atoms with Crippen LogP contribution in [0.5, 0.6) is 0 Å². The summed E-state index contributed by atoms with van der Waals surface area (Å²) in [5, 5.41) is 9.24. The lowest BCUT2D eigenvalue weighted by Gasteiger charge is -2.35. The van der Waals surface area contributed by atoms with E-state index in [1.54, 1.807) is 18.3 Å². The Kier molecular flexibility index (Phi) is 5.42. The molecule has 0 radical (unpaired) electrons. The fourth-order valence-electron chi connectivity index (χ4n) is 3.39. The van der Waals surface area contributed by atoms with Gasteiger partial charge in [-0.2, -0.15) is 5.26 Å². The zero-order valence-corrected chi connectivity index (χ0v) is 16.7. The molecule has 0 N–H and O–H groups in total. The van der Waals surface area contributed by atoms with Gasteiger partial charge in [0.2, 0.25) is 5.89 Å². The quantitative estimate of drug-likeness (QED) is 0.600. The summed E-state index contributed by atoms with van der Waals surface area (Å²) in [7, 11) is 0. The molecule has 1 aromatic heterocycles. The van der Waals surface area contributed by atoms with Gasteiger partial charge in [0.15, 0.2) is 5.76 Å². The second-order valence-electron chi connectivity index (χ2n) is 6.61. The molecule has 7 heteroatoms. The van der Waals surface area contributed by atoms with Crippen molar-refractivity contribution in [3.8, 4) is 17.4 Å². The van der Waals surface area contributed by atoms with Crippen LogP contribution in [0, 0.1) is 17.1 Å². The molecule has 0 atom stereocenters. The minimum Gasteiger partial charge on any atom is -0.439 e. The lowest BCUT2D eigenvalue weighted by molar-refractivity contribution is 0.227. The lowest BCUT2D eigenvalue weighted by Crippen LogP contribution is -2.46. The average molecular weight is 441 g/mol. The van der Waals surface area contributed by atoms with Crippen molar-refractivity contribution in [2.24, 2.45) is 0 Å². The molecule has 1 aliphatic heterocycles. The summed E-state index contributed by atoms with van der Waals surface area (Å²) in [6.45, 7) is 3.63. The number of benzene rings is 2. The Morgan fingerprint density at radius 2 is 1.89 bits per heavy atom. The van der Waals surface area contributed by atoms with E-state index in [0.717, 1.165) is 42.0 Å². The molecule has 0 aliphatic carbocycles. The highest BCUT2D eigenvalue weighted by Gasteiger charge is 2.22. The molecule has 0 unspecified atom stereocenters. The fraction of sp³-hybridized carbons (Fsp3) is 0.238. The Hall–Kier alpha value is -2.69. The summed E-state index contributed by atoms with van der Waals surface area (Å²) < 4.78 is 20.8. The molecule has 1 saturated heterocycles. The fourth-order valence-corrected chi connectivity index (χ4v) is 3.87. The van der Waals surface area contributed by atoms with Crippen LogP contribution in [0.4, 0.5) is 10.1 Å². The van der Waals surface area contributed by atoms with Gasteiger partial charge in [-0.25, -0.2) is 9.37 Å². The largest absolute Gasteiger partial charge is 0.439 e. The number of oxazole rings is 1. The van der Waals surface area contributed by atoms with E-state index in [-0.39, 0.29) is 5.56 Å². The van der Waals surface area contributed by atoms with Crippen LogP contribution in [0.15, 0.2) is 57.6 Å². The molecule has 3 aromatic rings. The molecule has 2 aromatic carbocycles. The van der Waals surface area contributed by atoms with Gasteiger partial charge in [0, 0.05) is 36.2 Å². The maximum Gasteiger partial charge on any atom is 0.209 e. The van der Waals surface area contributed by atoms with Gasteiger partial charge in [-0.1, -0.05) is 40.2 Å². The highest BCUT2D eigenvalue weighted by Crippen LogP contribution is 2.29. The maximum absolute atomic E-state index is 13.9. The van der Waals surface area contributed by atoms with Crippen LogP contribution in [-0.4, -0.2) is 36.1 Å². The molecule has 28 heavy (non-hydrogen) atoms. The first-order chi connectivity index (χ1) is 13.7. The van der Waals surface area contributed by atoms with E-state index in [1.165, 1.54) is 6.07 Å². The molecule has 142 valence electrons. The van der Waals surface area contributed by atoms with Gasteiger partial charge in [0.1, 0.15) is 17.4 Å².